The Morgan fingerprint density at radius 3 is 2.41 bits per heavy atom. The highest BCUT2D eigenvalue weighted by Crippen LogP contribution is 2.42. The zero-order chi connectivity index (χ0) is 28.5. The Morgan fingerprint density at radius 2 is 1.66 bits per heavy atom. The van der Waals surface area contributed by atoms with Gasteiger partial charge in [0.25, 0.3) is 5.56 Å². The van der Waals surface area contributed by atoms with Crippen LogP contribution in [0.5, 0.6) is 11.8 Å². The van der Waals surface area contributed by atoms with E-state index >= 15 is 0 Å². The smallest absolute Gasteiger partial charge is 0.328 e. The molecule has 5 aromatic rings. The van der Waals surface area contributed by atoms with E-state index in [0.29, 0.717) is 17.5 Å². The molecule has 0 radical (unpaired) electrons. The predicted octanol–water partition coefficient (Wildman–Crippen LogP) is 5.10. The summed E-state index contributed by atoms with van der Waals surface area (Å²) in [6.07, 6.45) is 0. The number of fused-ring (bicyclic) bond motifs is 1. The van der Waals surface area contributed by atoms with Crippen molar-refractivity contribution in [2.75, 3.05) is 35.0 Å². The van der Waals surface area contributed by atoms with E-state index in [9.17, 15) is 9.59 Å². The van der Waals surface area contributed by atoms with Gasteiger partial charge in [0.2, 0.25) is 17.8 Å². The van der Waals surface area contributed by atoms with E-state index in [2.05, 4.69) is 20.3 Å². The number of carbonyl (C=O) groups is 1. The molecule has 0 saturated carbocycles. The van der Waals surface area contributed by atoms with E-state index in [1.165, 1.54) is 6.07 Å². The molecule has 0 bridgehead atoms. The largest absolute Gasteiger partial charge is 0.423 e. The quantitative estimate of drug-likeness (QED) is 0.288. The van der Waals surface area contributed by atoms with Crippen LogP contribution in [0.25, 0.3) is 10.9 Å². The highest BCUT2D eigenvalue weighted by atomic mass is 32.2. The van der Waals surface area contributed by atoms with Gasteiger partial charge in [0.15, 0.2) is 0 Å². The topological polar surface area (TPSA) is 105 Å². The molecule has 1 amide bonds. The molecule has 0 spiro atoms. The standard InChI is InChI=1S/C30H27N7O3S/c1-35(2)29-32-28(33-30(34-29)40-24-17-25(38)36(3)23-12-8-7-11-22(23)24)31-20-13-15-21(16-14-20)37-26(39)18-41-27(37)19-9-5-4-6-10-19/h4-17,27H,18H2,1-3H3,(H,31,32,33,34). The van der Waals surface area contributed by atoms with Gasteiger partial charge in [-0.1, -0.05) is 42.5 Å². The lowest BCUT2D eigenvalue weighted by atomic mass is 10.2. The Morgan fingerprint density at radius 1 is 0.927 bits per heavy atom. The van der Waals surface area contributed by atoms with Gasteiger partial charge in [-0.3, -0.25) is 14.5 Å². The molecule has 3 aromatic carbocycles. The van der Waals surface area contributed by atoms with Crippen molar-refractivity contribution in [2.24, 2.45) is 7.05 Å². The van der Waals surface area contributed by atoms with Crippen LogP contribution < -0.4 is 25.4 Å². The van der Waals surface area contributed by atoms with E-state index in [1.807, 2.05) is 97.9 Å². The molecule has 1 aliphatic rings. The van der Waals surface area contributed by atoms with Gasteiger partial charge in [0, 0.05) is 44.0 Å². The lowest BCUT2D eigenvalue weighted by Gasteiger charge is -2.24. The summed E-state index contributed by atoms with van der Waals surface area (Å²) in [6.45, 7) is 0. The first-order valence-corrected chi connectivity index (χ1v) is 14.0. The summed E-state index contributed by atoms with van der Waals surface area (Å²) in [5.41, 5.74) is 3.16. The predicted molar refractivity (Wildman–Crippen MR) is 162 cm³/mol. The Balaban J connectivity index is 1.27. The van der Waals surface area contributed by atoms with Gasteiger partial charge in [0.1, 0.15) is 11.1 Å². The molecule has 1 saturated heterocycles. The Bertz CT molecular complexity index is 1790. The summed E-state index contributed by atoms with van der Waals surface area (Å²) in [4.78, 5) is 42.3. The molecule has 1 unspecified atom stereocenters. The van der Waals surface area contributed by atoms with E-state index < -0.39 is 0 Å². The van der Waals surface area contributed by atoms with Crippen molar-refractivity contribution in [3.05, 3.63) is 101 Å². The summed E-state index contributed by atoms with van der Waals surface area (Å²) in [7, 11) is 5.36. The SMILES string of the molecule is CN(C)c1nc(Nc2ccc(N3C(=O)CSC3c3ccccc3)cc2)nc(Oc2cc(=O)n(C)c3ccccc23)n1. The van der Waals surface area contributed by atoms with Gasteiger partial charge >= 0.3 is 6.01 Å². The summed E-state index contributed by atoms with van der Waals surface area (Å²) >= 11 is 1.62. The van der Waals surface area contributed by atoms with Crippen LogP contribution in [0.2, 0.25) is 0 Å². The van der Waals surface area contributed by atoms with Crippen molar-refractivity contribution in [3.8, 4) is 11.8 Å². The van der Waals surface area contributed by atoms with Crippen molar-refractivity contribution in [3.63, 3.8) is 0 Å². The number of rotatable bonds is 7. The highest BCUT2D eigenvalue weighted by molar-refractivity contribution is 8.00. The van der Waals surface area contributed by atoms with Crippen LogP contribution in [0.1, 0.15) is 10.9 Å². The van der Waals surface area contributed by atoms with Crippen molar-refractivity contribution >= 4 is 51.8 Å². The number of thioether (sulfide) groups is 1. The number of ether oxygens (including phenoxy) is 1. The molecular weight excluding hydrogens is 538 g/mol. The van der Waals surface area contributed by atoms with Crippen molar-refractivity contribution in [1.29, 1.82) is 0 Å². The average molecular weight is 566 g/mol. The number of hydrogen-bond donors (Lipinski definition) is 1. The molecule has 1 N–H and O–H groups in total. The molecule has 206 valence electrons. The van der Waals surface area contributed by atoms with Gasteiger partial charge in [-0.15, -0.1) is 11.8 Å². The molecule has 1 atom stereocenters. The summed E-state index contributed by atoms with van der Waals surface area (Å²) < 4.78 is 7.62. The molecule has 2 aromatic heterocycles. The van der Waals surface area contributed by atoms with Crippen LogP contribution in [0, 0.1) is 0 Å². The van der Waals surface area contributed by atoms with E-state index in [0.717, 1.165) is 27.8 Å². The molecular formula is C30H27N7O3S. The minimum absolute atomic E-state index is 0.0478. The molecule has 41 heavy (non-hydrogen) atoms. The number of nitrogens with one attached hydrogen (secondary N) is 1. The minimum atomic E-state index is -0.205. The number of aryl methyl sites for hydroxylation is 1. The van der Waals surface area contributed by atoms with Gasteiger partial charge < -0.3 is 19.5 Å². The maximum atomic E-state index is 12.8. The van der Waals surface area contributed by atoms with Gasteiger partial charge in [0.05, 0.1) is 11.3 Å². The third kappa shape index (κ3) is 5.31. The second-order valence-corrected chi connectivity index (χ2v) is 10.7. The monoisotopic (exact) mass is 565 g/mol. The summed E-state index contributed by atoms with van der Waals surface area (Å²) in [5.74, 6) is 1.52. The van der Waals surface area contributed by atoms with Crippen LogP contribution in [0.4, 0.5) is 23.3 Å². The summed E-state index contributed by atoms with van der Waals surface area (Å²) in [5, 5.41) is 3.90. The van der Waals surface area contributed by atoms with Gasteiger partial charge in [-0.25, -0.2) is 0 Å². The lowest BCUT2D eigenvalue weighted by Crippen LogP contribution is -2.27. The molecule has 1 aliphatic heterocycles. The maximum absolute atomic E-state index is 12.8. The number of hydrogen-bond acceptors (Lipinski definition) is 9. The number of anilines is 4. The third-order valence-electron chi connectivity index (χ3n) is 6.67. The molecule has 3 heterocycles. The van der Waals surface area contributed by atoms with Crippen LogP contribution in [0.15, 0.2) is 89.7 Å². The van der Waals surface area contributed by atoms with Crippen molar-refractivity contribution in [1.82, 2.24) is 19.5 Å². The number of pyridine rings is 1. The number of para-hydroxylation sites is 1. The van der Waals surface area contributed by atoms with Crippen LogP contribution in [0.3, 0.4) is 0 Å². The van der Waals surface area contributed by atoms with Gasteiger partial charge in [-0.2, -0.15) is 15.0 Å². The zero-order valence-electron chi connectivity index (χ0n) is 22.7. The first-order valence-electron chi connectivity index (χ1n) is 12.9. The van der Waals surface area contributed by atoms with E-state index in [1.54, 1.807) is 28.3 Å². The van der Waals surface area contributed by atoms with Crippen LogP contribution in [-0.2, 0) is 11.8 Å². The first kappa shape index (κ1) is 26.3. The van der Waals surface area contributed by atoms with Crippen LogP contribution >= 0.6 is 11.8 Å². The minimum Gasteiger partial charge on any atom is -0.423 e. The highest BCUT2D eigenvalue weighted by Gasteiger charge is 2.33. The summed E-state index contributed by atoms with van der Waals surface area (Å²) in [6, 6.07) is 26.5. The fourth-order valence-corrected chi connectivity index (χ4v) is 5.79. The van der Waals surface area contributed by atoms with Crippen LogP contribution in [-0.4, -0.2) is 45.3 Å². The Kier molecular flexibility index (Phi) is 7.02. The molecule has 1 fully saturated rings. The van der Waals surface area contributed by atoms with Crippen molar-refractivity contribution < 1.29 is 9.53 Å². The maximum Gasteiger partial charge on any atom is 0.328 e. The number of carbonyl (C=O) groups excluding carboxylic acids is 1. The lowest BCUT2D eigenvalue weighted by molar-refractivity contribution is -0.115. The van der Waals surface area contributed by atoms with Gasteiger partial charge in [-0.05, 0) is 42.0 Å². The average Bonchev–Trinajstić information content (AvgIpc) is 3.37. The fourth-order valence-electron chi connectivity index (χ4n) is 4.61. The number of benzene rings is 3. The Labute approximate surface area is 240 Å². The van der Waals surface area contributed by atoms with E-state index in [4.69, 9.17) is 4.74 Å². The molecule has 11 heteroatoms. The second kappa shape index (κ2) is 10.9. The Hall–Kier alpha value is -4.90. The molecule has 10 nitrogen and oxygen atoms in total. The second-order valence-electron chi connectivity index (χ2n) is 9.67. The van der Waals surface area contributed by atoms with E-state index in [-0.39, 0.29) is 28.8 Å². The first-order chi connectivity index (χ1) is 19.9. The third-order valence-corrected chi connectivity index (χ3v) is 7.89. The zero-order valence-corrected chi connectivity index (χ0v) is 23.5. The fraction of sp³-hybridized carbons (Fsp3) is 0.167. The molecule has 0 aliphatic carbocycles. The normalized spacial score (nSPS) is 14.9. The molecule has 6 rings (SSSR count). The number of amides is 1. The number of aromatic nitrogens is 4. The van der Waals surface area contributed by atoms with Crippen molar-refractivity contribution in [2.45, 2.75) is 5.37 Å². The number of nitrogens with zero attached hydrogens (tertiary/aromatic N) is 6.